The Kier molecular flexibility index (Phi) is 10.0. The molecule has 0 radical (unpaired) electrons. The van der Waals surface area contributed by atoms with E-state index in [1.165, 1.54) is 6.07 Å². The molecule has 1 N–H and O–H groups in total. The van der Waals surface area contributed by atoms with Crippen LogP contribution >= 0.6 is 24.0 Å². The summed E-state index contributed by atoms with van der Waals surface area (Å²) in [7, 11) is 2.00. The van der Waals surface area contributed by atoms with E-state index in [1.807, 2.05) is 20.0 Å². The summed E-state index contributed by atoms with van der Waals surface area (Å²) in [5, 5.41) is 3.26. The smallest absolute Gasteiger partial charge is 0.387 e. The molecule has 1 fully saturated rings. The SMILES string of the molecule is CCNC(=NCc1cccc(OC(F)F)c1)N(C)CC1CCOC1.I. The van der Waals surface area contributed by atoms with E-state index in [4.69, 9.17) is 4.74 Å². The van der Waals surface area contributed by atoms with Gasteiger partial charge in [-0.3, -0.25) is 0 Å². The fraction of sp³-hybridized carbons (Fsp3) is 0.588. The van der Waals surface area contributed by atoms with Crippen LogP contribution in [0.1, 0.15) is 18.9 Å². The molecule has 142 valence electrons. The van der Waals surface area contributed by atoms with Crippen molar-refractivity contribution in [3.8, 4) is 5.75 Å². The number of alkyl halides is 2. The fourth-order valence-corrected chi connectivity index (χ4v) is 2.66. The second-order valence-electron chi connectivity index (χ2n) is 5.81. The first-order valence-electron chi connectivity index (χ1n) is 8.19. The molecule has 25 heavy (non-hydrogen) atoms. The minimum atomic E-state index is -2.82. The topological polar surface area (TPSA) is 46.1 Å². The van der Waals surface area contributed by atoms with Crippen LogP contribution in [0.4, 0.5) is 8.78 Å². The Morgan fingerprint density at radius 3 is 2.92 bits per heavy atom. The molecule has 1 aromatic rings. The lowest BCUT2D eigenvalue weighted by atomic mass is 10.1. The van der Waals surface area contributed by atoms with Crippen molar-refractivity contribution in [3.05, 3.63) is 29.8 Å². The van der Waals surface area contributed by atoms with E-state index in [0.717, 1.165) is 44.2 Å². The maximum absolute atomic E-state index is 12.3. The summed E-state index contributed by atoms with van der Waals surface area (Å²) >= 11 is 0. The molecule has 1 aliphatic heterocycles. The largest absolute Gasteiger partial charge is 0.435 e. The van der Waals surface area contributed by atoms with E-state index in [2.05, 4.69) is 19.9 Å². The summed E-state index contributed by atoms with van der Waals surface area (Å²) in [5.74, 6) is 1.46. The minimum absolute atomic E-state index is 0. The maximum Gasteiger partial charge on any atom is 0.387 e. The fourth-order valence-electron chi connectivity index (χ4n) is 2.66. The van der Waals surface area contributed by atoms with Crippen LogP contribution in [0.3, 0.4) is 0 Å². The van der Waals surface area contributed by atoms with Gasteiger partial charge in [0, 0.05) is 32.7 Å². The third-order valence-corrected chi connectivity index (χ3v) is 3.79. The van der Waals surface area contributed by atoms with Crippen LogP contribution in [0.2, 0.25) is 0 Å². The number of ether oxygens (including phenoxy) is 2. The van der Waals surface area contributed by atoms with E-state index in [1.54, 1.807) is 12.1 Å². The van der Waals surface area contributed by atoms with Crippen molar-refractivity contribution in [2.24, 2.45) is 10.9 Å². The van der Waals surface area contributed by atoms with E-state index in [9.17, 15) is 8.78 Å². The molecule has 1 atom stereocenters. The molecule has 0 amide bonds. The zero-order valence-electron chi connectivity index (χ0n) is 14.6. The molecule has 0 aliphatic carbocycles. The van der Waals surface area contributed by atoms with Crippen molar-refractivity contribution in [2.75, 3.05) is 33.4 Å². The molecular formula is C17H26F2IN3O2. The number of hydrogen-bond donors (Lipinski definition) is 1. The number of rotatable bonds is 7. The molecule has 1 aliphatic rings. The van der Waals surface area contributed by atoms with Crippen molar-refractivity contribution in [1.29, 1.82) is 0 Å². The lowest BCUT2D eigenvalue weighted by molar-refractivity contribution is -0.0498. The molecule has 5 nitrogen and oxygen atoms in total. The van der Waals surface area contributed by atoms with Gasteiger partial charge < -0.3 is 19.7 Å². The molecular weight excluding hydrogens is 443 g/mol. The quantitative estimate of drug-likeness (QED) is 0.378. The zero-order valence-corrected chi connectivity index (χ0v) is 16.9. The summed E-state index contributed by atoms with van der Waals surface area (Å²) in [5.41, 5.74) is 0.821. The summed E-state index contributed by atoms with van der Waals surface area (Å²) in [6, 6.07) is 6.63. The molecule has 2 rings (SSSR count). The van der Waals surface area contributed by atoms with Crippen molar-refractivity contribution in [1.82, 2.24) is 10.2 Å². The molecule has 1 aromatic carbocycles. The van der Waals surface area contributed by atoms with Gasteiger partial charge in [-0.2, -0.15) is 8.78 Å². The average Bonchev–Trinajstić information content (AvgIpc) is 3.04. The van der Waals surface area contributed by atoms with E-state index in [0.29, 0.717) is 12.5 Å². The molecule has 8 heteroatoms. The van der Waals surface area contributed by atoms with Crippen molar-refractivity contribution < 1.29 is 18.3 Å². The van der Waals surface area contributed by atoms with Gasteiger partial charge in [0.2, 0.25) is 0 Å². The number of hydrogen-bond acceptors (Lipinski definition) is 3. The number of benzene rings is 1. The van der Waals surface area contributed by atoms with Gasteiger partial charge in [-0.1, -0.05) is 12.1 Å². The van der Waals surface area contributed by atoms with Crippen molar-refractivity contribution in [3.63, 3.8) is 0 Å². The highest BCUT2D eigenvalue weighted by Gasteiger charge is 2.19. The highest BCUT2D eigenvalue weighted by molar-refractivity contribution is 14.0. The van der Waals surface area contributed by atoms with Crippen molar-refractivity contribution in [2.45, 2.75) is 26.5 Å². The van der Waals surface area contributed by atoms with Gasteiger partial charge in [-0.05, 0) is 31.0 Å². The monoisotopic (exact) mass is 469 g/mol. The van der Waals surface area contributed by atoms with Crippen LogP contribution in [0.5, 0.6) is 5.75 Å². The van der Waals surface area contributed by atoms with Gasteiger partial charge in [-0.15, -0.1) is 24.0 Å². The Morgan fingerprint density at radius 2 is 2.28 bits per heavy atom. The average molecular weight is 469 g/mol. The van der Waals surface area contributed by atoms with Crippen LogP contribution in [-0.2, 0) is 11.3 Å². The second-order valence-corrected chi connectivity index (χ2v) is 5.81. The molecule has 0 bridgehead atoms. The molecule has 0 spiro atoms. The normalized spacial score (nSPS) is 17.3. The number of guanidine groups is 1. The number of halogens is 3. The van der Waals surface area contributed by atoms with E-state index >= 15 is 0 Å². The molecule has 1 saturated heterocycles. The summed E-state index contributed by atoms with van der Waals surface area (Å²) in [6.45, 7) is 2.84. The van der Waals surface area contributed by atoms with Gasteiger partial charge in [0.15, 0.2) is 5.96 Å². The lowest BCUT2D eigenvalue weighted by Crippen LogP contribution is -2.41. The number of nitrogens with one attached hydrogen (secondary N) is 1. The molecule has 0 aromatic heterocycles. The van der Waals surface area contributed by atoms with Crippen LogP contribution in [-0.4, -0.2) is 50.8 Å². The van der Waals surface area contributed by atoms with Crippen LogP contribution in [0, 0.1) is 5.92 Å². The molecule has 1 heterocycles. The Morgan fingerprint density at radius 1 is 1.48 bits per heavy atom. The maximum atomic E-state index is 12.3. The molecule has 0 saturated carbocycles. The third kappa shape index (κ3) is 7.72. The van der Waals surface area contributed by atoms with Gasteiger partial charge in [0.05, 0.1) is 13.2 Å². The van der Waals surface area contributed by atoms with E-state index < -0.39 is 6.61 Å². The second kappa shape index (κ2) is 11.5. The summed E-state index contributed by atoms with van der Waals surface area (Å²) in [4.78, 5) is 6.68. The highest BCUT2D eigenvalue weighted by Crippen LogP contribution is 2.17. The molecule has 1 unspecified atom stereocenters. The van der Waals surface area contributed by atoms with Gasteiger partial charge in [0.25, 0.3) is 0 Å². The van der Waals surface area contributed by atoms with Crippen molar-refractivity contribution >= 4 is 29.9 Å². The number of aliphatic imine (C=N–C) groups is 1. The Hall–Kier alpha value is -1.16. The first kappa shape index (κ1) is 21.9. The predicted octanol–water partition coefficient (Wildman–Crippen LogP) is 3.34. The highest BCUT2D eigenvalue weighted by atomic mass is 127. The standard InChI is InChI=1S/C17H25F2N3O2.HI/c1-3-20-17(22(2)11-14-7-8-23-12-14)21-10-13-5-4-6-15(9-13)24-16(18)19;/h4-6,9,14,16H,3,7-8,10-12H2,1-2H3,(H,20,21);1H. The minimum Gasteiger partial charge on any atom is -0.435 e. The Balaban J connectivity index is 0.00000312. The lowest BCUT2D eigenvalue weighted by Gasteiger charge is -2.24. The Labute approximate surface area is 164 Å². The Bertz CT molecular complexity index is 540. The van der Waals surface area contributed by atoms with Crippen LogP contribution in [0.25, 0.3) is 0 Å². The van der Waals surface area contributed by atoms with Crippen LogP contribution in [0.15, 0.2) is 29.3 Å². The van der Waals surface area contributed by atoms with Gasteiger partial charge in [0.1, 0.15) is 5.75 Å². The number of nitrogens with zero attached hydrogens (tertiary/aromatic N) is 2. The van der Waals surface area contributed by atoms with Gasteiger partial charge >= 0.3 is 6.61 Å². The van der Waals surface area contributed by atoms with E-state index in [-0.39, 0.29) is 29.7 Å². The summed E-state index contributed by atoms with van der Waals surface area (Å²) in [6.07, 6.45) is 1.07. The summed E-state index contributed by atoms with van der Waals surface area (Å²) < 4.78 is 34.4. The van der Waals surface area contributed by atoms with Gasteiger partial charge in [-0.25, -0.2) is 4.99 Å². The first-order chi connectivity index (χ1) is 11.6. The zero-order chi connectivity index (χ0) is 17.4. The predicted molar refractivity (Wildman–Crippen MR) is 105 cm³/mol. The third-order valence-electron chi connectivity index (χ3n) is 3.79. The first-order valence-corrected chi connectivity index (χ1v) is 8.19. The van der Waals surface area contributed by atoms with Crippen LogP contribution < -0.4 is 10.1 Å².